The first-order chi connectivity index (χ1) is 9.93. The maximum absolute atomic E-state index is 13.9. The number of benzene rings is 2. The van der Waals surface area contributed by atoms with Crippen molar-refractivity contribution in [1.82, 2.24) is 5.43 Å². The quantitative estimate of drug-likeness (QED) is 0.615. The van der Waals surface area contributed by atoms with Crippen molar-refractivity contribution in [3.8, 4) is 0 Å². The molecule has 0 fully saturated rings. The lowest BCUT2D eigenvalue weighted by molar-refractivity contribution is 0.465. The molecule has 1 unspecified atom stereocenters. The summed E-state index contributed by atoms with van der Waals surface area (Å²) in [5.41, 5.74) is 2.27. The predicted octanol–water partition coefficient (Wildman–Crippen LogP) is 4.27. The summed E-state index contributed by atoms with van der Waals surface area (Å²) in [6.45, 7) is 0. The van der Waals surface area contributed by atoms with Crippen molar-refractivity contribution in [2.75, 3.05) is 0 Å². The second kappa shape index (κ2) is 6.79. The van der Waals surface area contributed by atoms with Crippen molar-refractivity contribution in [1.29, 1.82) is 0 Å². The highest BCUT2D eigenvalue weighted by molar-refractivity contribution is 9.10. The molecule has 2 nitrogen and oxygen atoms in total. The Balaban J connectivity index is 2.39. The maximum Gasteiger partial charge on any atom is 0.145 e. The molecule has 1 atom stereocenters. The van der Waals surface area contributed by atoms with E-state index in [1.165, 1.54) is 12.1 Å². The van der Waals surface area contributed by atoms with Crippen LogP contribution in [0, 0.1) is 17.5 Å². The zero-order chi connectivity index (χ0) is 15.6. The Morgan fingerprint density at radius 3 is 2.38 bits per heavy atom. The summed E-state index contributed by atoms with van der Waals surface area (Å²) in [5, 5.41) is -0.0555. The number of hydrazine groups is 1. The Bertz CT molecular complexity index is 644. The van der Waals surface area contributed by atoms with Crippen molar-refractivity contribution in [3.63, 3.8) is 0 Å². The second-order valence-corrected chi connectivity index (χ2v) is 5.74. The van der Waals surface area contributed by atoms with E-state index in [1.54, 1.807) is 6.07 Å². The van der Waals surface area contributed by atoms with Gasteiger partial charge >= 0.3 is 0 Å². The standard InChI is InChI=1S/C14H11BrClF3N2/c15-8-5-10(17)13(11(18)6-8)12(21-20)4-7-2-1-3-9(16)14(7)19/h1-3,5-6,12,21H,4,20H2. The molecule has 2 rings (SSSR count). The van der Waals surface area contributed by atoms with Gasteiger partial charge in [0.25, 0.3) is 0 Å². The van der Waals surface area contributed by atoms with Crippen molar-refractivity contribution in [2.24, 2.45) is 5.84 Å². The van der Waals surface area contributed by atoms with Gasteiger partial charge in [0.2, 0.25) is 0 Å². The van der Waals surface area contributed by atoms with Crippen LogP contribution in [0.2, 0.25) is 5.02 Å². The van der Waals surface area contributed by atoms with Crippen molar-refractivity contribution in [3.05, 3.63) is 68.4 Å². The normalized spacial score (nSPS) is 12.5. The molecule has 112 valence electrons. The third-order valence-electron chi connectivity index (χ3n) is 3.05. The molecule has 0 heterocycles. The van der Waals surface area contributed by atoms with Crippen LogP contribution in [-0.2, 0) is 6.42 Å². The molecule has 0 aliphatic rings. The molecule has 0 radical (unpaired) electrons. The molecule has 0 aliphatic carbocycles. The molecule has 2 aromatic carbocycles. The second-order valence-electron chi connectivity index (χ2n) is 4.42. The summed E-state index contributed by atoms with van der Waals surface area (Å²) >= 11 is 8.69. The van der Waals surface area contributed by atoms with Gasteiger partial charge in [-0.3, -0.25) is 11.3 Å². The fourth-order valence-electron chi connectivity index (χ4n) is 2.06. The lowest BCUT2D eigenvalue weighted by Crippen LogP contribution is -2.31. The van der Waals surface area contributed by atoms with E-state index in [0.717, 1.165) is 12.1 Å². The number of hydrogen-bond donors (Lipinski definition) is 2. The van der Waals surface area contributed by atoms with Crippen LogP contribution in [0.5, 0.6) is 0 Å². The Kier molecular flexibility index (Phi) is 5.27. The third-order valence-corrected chi connectivity index (χ3v) is 3.80. The van der Waals surface area contributed by atoms with Gasteiger partial charge in [0.15, 0.2) is 0 Å². The monoisotopic (exact) mass is 378 g/mol. The molecule has 0 spiro atoms. The first-order valence-corrected chi connectivity index (χ1v) is 7.14. The van der Waals surface area contributed by atoms with Crippen molar-refractivity contribution < 1.29 is 13.2 Å². The lowest BCUT2D eigenvalue weighted by atomic mass is 9.98. The highest BCUT2D eigenvalue weighted by Gasteiger charge is 2.22. The molecule has 21 heavy (non-hydrogen) atoms. The molecule has 2 aromatic rings. The van der Waals surface area contributed by atoms with Gasteiger partial charge in [-0.1, -0.05) is 39.7 Å². The van der Waals surface area contributed by atoms with Gasteiger partial charge in [-0.15, -0.1) is 0 Å². The average molecular weight is 380 g/mol. The maximum atomic E-state index is 13.9. The molecular weight excluding hydrogens is 369 g/mol. The van der Waals surface area contributed by atoms with E-state index in [4.69, 9.17) is 17.4 Å². The molecule has 3 N–H and O–H groups in total. The number of rotatable bonds is 4. The largest absolute Gasteiger partial charge is 0.271 e. The van der Waals surface area contributed by atoms with Crippen molar-refractivity contribution >= 4 is 27.5 Å². The summed E-state index contributed by atoms with van der Waals surface area (Å²) in [6, 6.07) is 5.76. The van der Waals surface area contributed by atoms with Crippen molar-refractivity contribution in [2.45, 2.75) is 12.5 Å². The van der Waals surface area contributed by atoms with Crippen LogP contribution in [0.4, 0.5) is 13.2 Å². The lowest BCUT2D eigenvalue weighted by Gasteiger charge is -2.18. The Hall–Kier alpha value is -1.08. The SMILES string of the molecule is NNC(Cc1cccc(Cl)c1F)c1c(F)cc(Br)cc1F. The minimum atomic E-state index is -0.925. The van der Waals surface area contributed by atoms with Gasteiger partial charge in [-0.05, 0) is 30.2 Å². The number of hydrogen-bond acceptors (Lipinski definition) is 2. The third kappa shape index (κ3) is 3.58. The van der Waals surface area contributed by atoms with Crippen LogP contribution >= 0.6 is 27.5 Å². The zero-order valence-electron chi connectivity index (χ0n) is 10.6. The van der Waals surface area contributed by atoms with Crippen LogP contribution in [0.1, 0.15) is 17.2 Å². The summed E-state index contributed by atoms with van der Waals surface area (Å²) in [7, 11) is 0. The molecule has 0 aromatic heterocycles. The molecule has 0 aliphatic heterocycles. The predicted molar refractivity (Wildman–Crippen MR) is 79.2 cm³/mol. The molecule has 0 saturated heterocycles. The van der Waals surface area contributed by atoms with E-state index in [0.29, 0.717) is 0 Å². The van der Waals surface area contributed by atoms with Gasteiger partial charge in [0.05, 0.1) is 11.1 Å². The molecule has 0 bridgehead atoms. The first kappa shape index (κ1) is 16.3. The molecular formula is C14H11BrClF3N2. The minimum Gasteiger partial charge on any atom is -0.271 e. The van der Waals surface area contributed by atoms with E-state index in [1.807, 2.05) is 0 Å². The van der Waals surface area contributed by atoms with Crippen LogP contribution in [-0.4, -0.2) is 0 Å². The topological polar surface area (TPSA) is 38.0 Å². The summed E-state index contributed by atoms with van der Waals surface area (Å²) in [4.78, 5) is 0. The highest BCUT2D eigenvalue weighted by Crippen LogP contribution is 2.28. The van der Waals surface area contributed by atoms with Crippen LogP contribution in [0.25, 0.3) is 0 Å². The number of halogens is 5. The minimum absolute atomic E-state index is 0.0433. The van der Waals surface area contributed by atoms with E-state index < -0.39 is 23.5 Å². The average Bonchev–Trinajstić information content (AvgIpc) is 2.41. The fourth-order valence-corrected chi connectivity index (χ4v) is 2.65. The van der Waals surface area contributed by atoms with E-state index in [-0.39, 0.29) is 27.0 Å². The fraction of sp³-hybridized carbons (Fsp3) is 0.143. The van der Waals surface area contributed by atoms with E-state index in [9.17, 15) is 13.2 Å². The van der Waals surface area contributed by atoms with Gasteiger partial charge in [0.1, 0.15) is 17.5 Å². The van der Waals surface area contributed by atoms with Gasteiger partial charge in [-0.25, -0.2) is 13.2 Å². The van der Waals surface area contributed by atoms with Crippen LogP contribution in [0.15, 0.2) is 34.8 Å². The first-order valence-electron chi connectivity index (χ1n) is 5.97. The van der Waals surface area contributed by atoms with E-state index in [2.05, 4.69) is 21.4 Å². The van der Waals surface area contributed by atoms with E-state index >= 15 is 0 Å². The zero-order valence-corrected chi connectivity index (χ0v) is 13.0. The number of nitrogens with one attached hydrogen (secondary N) is 1. The van der Waals surface area contributed by atoms with Gasteiger partial charge in [0, 0.05) is 10.0 Å². The smallest absolute Gasteiger partial charge is 0.145 e. The Morgan fingerprint density at radius 1 is 1.19 bits per heavy atom. The van der Waals surface area contributed by atoms with Crippen LogP contribution < -0.4 is 11.3 Å². The highest BCUT2D eigenvalue weighted by atomic mass is 79.9. The Morgan fingerprint density at radius 2 is 1.81 bits per heavy atom. The summed E-state index contributed by atoms with van der Waals surface area (Å²) in [6.07, 6.45) is -0.0433. The molecule has 0 saturated carbocycles. The molecule has 7 heteroatoms. The molecule has 0 amide bonds. The van der Waals surface area contributed by atoms with Gasteiger partial charge in [-0.2, -0.15) is 0 Å². The summed E-state index contributed by atoms with van der Waals surface area (Å²) < 4.78 is 42.0. The van der Waals surface area contributed by atoms with Gasteiger partial charge < -0.3 is 0 Å². The summed E-state index contributed by atoms with van der Waals surface area (Å²) in [5.74, 6) is 3.20. The Labute approximate surface area is 133 Å². The number of nitrogens with two attached hydrogens (primary N) is 1. The van der Waals surface area contributed by atoms with Crippen LogP contribution in [0.3, 0.4) is 0 Å².